The third-order valence-electron chi connectivity index (χ3n) is 1.89. The number of aromatic nitrogens is 1. The Morgan fingerprint density at radius 3 is 3.21 bits per heavy atom. The van der Waals surface area contributed by atoms with Gasteiger partial charge in [0.1, 0.15) is 5.52 Å². The molecule has 0 aliphatic carbocycles. The van der Waals surface area contributed by atoms with E-state index in [4.69, 9.17) is 10.8 Å². The predicted octanol–water partition coefficient (Wildman–Crippen LogP) is 2.18. The Hall–Kier alpha value is -1.95. The summed E-state index contributed by atoms with van der Waals surface area (Å²) in [4.78, 5) is 4.22. The summed E-state index contributed by atoms with van der Waals surface area (Å²) in [5.41, 5.74) is 2.61. The molecule has 2 aromatic rings. The number of hydrogen-bond donors (Lipinski definition) is 1. The first-order valence-corrected chi connectivity index (χ1v) is 4.34. The summed E-state index contributed by atoms with van der Waals surface area (Å²) in [5.74, 6) is 3.19. The van der Waals surface area contributed by atoms with Gasteiger partial charge in [-0.3, -0.25) is 0 Å². The molecule has 3 heteroatoms. The number of anilines is 1. The van der Waals surface area contributed by atoms with E-state index in [1.54, 1.807) is 0 Å². The Kier molecular flexibility index (Phi) is 2.11. The molecule has 1 heterocycles. The van der Waals surface area contributed by atoms with Crippen LogP contribution in [0.3, 0.4) is 0 Å². The molecule has 0 fully saturated rings. The Bertz CT molecular complexity index is 493. The second-order valence-corrected chi connectivity index (χ2v) is 2.97. The number of terminal acetylenes is 1. The minimum absolute atomic E-state index is 0.516. The minimum Gasteiger partial charge on any atom is -0.441 e. The molecule has 0 bridgehead atoms. The third-order valence-corrected chi connectivity index (χ3v) is 1.89. The molecule has 0 aliphatic rings. The van der Waals surface area contributed by atoms with Gasteiger partial charge in [0.25, 0.3) is 0 Å². The second-order valence-electron chi connectivity index (χ2n) is 2.97. The van der Waals surface area contributed by atoms with Crippen molar-refractivity contribution in [3.05, 3.63) is 24.1 Å². The predicted molar refractivity (Wildman–Crippen MR) is 56.1 cm³/mol. The number of hydrogen-bond acceptors (Lipinski definition) is 3. The van der Waals surface area contributed by atoms with Gasteiger partial charge in [-0.15, -0.1) is 6.42 Å². The van der Waals surface area contributed by atoms with Crippen LogP contribution in [-0.4, -0.2) is 11.5 Å². The number of benzene rings is 1. The first-order chi connectivity index (χ1) is 6.79. The maximum absolute atomic E-state index is 5.35. The summed E-state index contributed by atoms with van der Waals surface area (Å²) in [5, 5.41) is 3.08. The average molecular weight is 186 g/mol. The van der Waals surface area contributed by atoms with E-state index in [0.717, 1.165) is 16.8 Å². The number of fused-ring (bicyclic) bond motifs is 1. The van der Waals surface area contributed by atoms with Gasteiger partial charge in [-0.2, -0.15) is 0 Å². The number of oxazole rings is 1. The smallest absolute Gasteiger partial charge is 0.192 e. The molecule has 0 unspecified atom stereocenters. The van der Waals surface area contributed by atoms with Crippen LogP contribution in [0.4, 0.5) is 5.69 Å². The lowest BCUT2D eigenvalue weighted by Crippen LogP contribution is -1.97. The molecule has 1 aromatic carbocycles. The lowest BCUT2D eigenvalue weighted by Gasteiger charge is -2.00. The highest BCUT2D eigenvalue weighted by molar-refractivity contribution is 5.77. The lowest BCUT2D eigenvalue weighted by atomic mass is 10.3. The van der Waals surface area contributed by atoms with Crippen molar-refractivity contribution in [3.8, 4) is 12.3 Å². The number of nitrogens with zero attached hydrogens (tertiary/aromatic N) is 1. The molecule has 0 amide bonds. The van der Waals surface area contributed by atoms with E-state index in [9.17, 15) is 0 Å². The van der Waals surface area contributed by atoms with Gasteiger partial charge in [0.05, 0.1) is 6.54 Å². The highest BCUT2D eigenvalue weighted by atomic mass is 16.3. The molecule has 0 atom stereocenters. The quantitative estimate of drug-likeness (QED) is 0.730. The van der Waals surface area contributed by atoms with E-state index < -0.39 is 0 Å². The Labute approximate surface area is 82.1 Å². The van der Waals surface area contributed by atoms with E-state index in [-0.39, 0.29) is 0 Å². The zero-order chi connectivity index (χ0) is 9.97. The standard InChI is InChI=1S/C11H10N2O/c1-3-6-12-9-4-5-11-10(7-9)13-8(2)14-11/h1,4-5,7,12H,6H2,2H3. The van der Waals surface area contributed by atoms with E-state index in [1.165, 1.54) is 0 Å². The number of aryl methyl sites for hydroxylation is 1. The molecule has 0 aliphatic heterocycles. The molecule has 1 aromatic heterocycles. The largest absolute Gasteiger partial charge is 0.441 e. The first-order valence-electron chi connectivity index (χ1n) is 4.34. The number of nitrogens with one attached hydrogen (secondary N) is 1. The summed E-state index contributed by atoms with van der Waals surface area (Å²) in [7, 11) is 0. The van der Waals surface area contributed by atoms with Crippen molar-refractivity contribution in [2.24, 2.45) is 0 Å². The van der Waals surface area contributed by atoms with Crippen LogP contribution < -0.4 is 5.32 Å². The van der Waals surface area contributed by atoms with Crippen molar-refractivity contribution >= 4 is 16.8 Å². The SMILES string of the molecule is C#CCNc1ccc2oc(C)nc2c1. The third kappa shape index (κ3) is 1.55. The van der Waals surface area contributed by atoms with E-state index in [0.29, 0.717) is 12.4 Å². The zero-order valence-corrected chi connectivity index (χ0v) is 7.87. The first kappa shape index (κ1) is 8.64. The average Bonchev–Trinajstić information content (AvgIpc) is 2.54. The van der Waals surface area contributed by atoms with Crippen molar-refractivity contribution in [2.75, 3.05) is 11.9 Å². The topological polar surface area (TPSA) is 38.1 Å². The Morgan fingerprint density at radius 2 is 2.43 bits per heavy atom. The number of rotatable bonds is 2. The van der Waals surface area contributed by atoms with Gasteiger partial charge in [0, 0.05) is 12.6 Å². The van der Waals surface area contributed by atoms with Gasteiger partial charge in [0.2, 0.25) is 0 Å². The van der Waals surface area contributed by atoms with Crippen molar-refractivity contribution in [1.82, 2.24) is 4.98 Å². The van der Waals surface area contributed by atoms with Gasteiger partial charge in [0.15, 0.2) is 11.5 Å². The van der Waals surface area contributed by atoms with Gasteiger partial charge in [-0.1, -0.05) is 5.92 Å². The fourth-order valence-corrected chi connectivity index (χ4v) is 1.31. The van der Waals surface area contributed by atoms with Gasteiger partial charge >= 0.3 is 0 Å². The van der Waals surface area contributed by atoms with Crippen LogP contribution in [0.2, 0.25) is 0 Å². The zero-order valence-electron chi connectivity index (χ0n) is 7.87. The lowest BCUT2D eigenvalue weighted by molar-refractivity contribution is 0.561. The van der Waals surface area contributed by atoms with Crippen LogP contribution in [0, 0.1) is 19.3 Å². The Morgan fingerprint density at radius 1 is 1.57 bits per heavy atom. The normalized spacial score (nSPS) is 10.0. The molecule has 0 saturated heterocycles. The fraction of sp³-hybridized carbons (Fsp3) is 0.182. The van der Waals surface area contributed by atoms with Crippen LogP contribution in [0.15, 0.2) is 22.6 Å². The molecular formula is C11H10N2O. The van der Waals surface area contributed by atoms with E-state index in [2.05, 4.69) is 16.2 Å². The molecule has 0 saturated carbocycles. The molecule has 14 heavy (non-hydrogen) atoms. The molecule has 70 valence electrons. The minimum atomic E-state index is 0.516. The van der Waals surface area contributed by atoms with Crippen molar-refractivity contribution < 1.29 is 4.42 Å². The van der Waals surface area contributed by atoms with E-state index >= 15 is 0 Å². The van der Waals surface area contributed by atoms with Crippen LogP contribution in [0.25, 0.3) is 11.1 Å². The summed E-state index contributed by atoms with van der Waals surface area (Å²) >= 11 is 0. The molecule has 0 spiro atoms. The summed E-state index contributed by atoms with van der Waals surface area (Å²) < 4.78 is 5.35. The van der Waals surface area contributed by atoms with Crippen LogP contribution in [-0.2, 0) is 0 Å². The van der Waals surface area contributed by atoms with Crippen molar-refractivity contribution in [2.45, 2.75) is 6.92 Å². The maximum atomic E-state index is 5.35. The highest BCUT2D eigenvalue weighted by Crippen LogP contribution is 2.19. The monoisotopic (exact) mass is 186 g/mol. The molecule has 1 N–H and O–H groups in total. The van der Waals surface area contributed by atoms with Gasteiger partial charge < -0.3 is 9.73 Å². The highest BCUT2D eigenvalue weighted by Gasteiger charge is 2.01. The summed E-state index contributed by atoms with van der Waals surface area (Å²) in [6.07, 6.45) is 5.15. The van der Waals surface area contributed by atoms with Gasteiger partial charge in [-0.05, 0) is 18.2 Å². The second kappa shape index (κ2) is 3.43. The molecular weight excluding hydrogens is 176 g/mol. The van der Waals surface area contributed by atoms with Crippen molar-refractivity contribution in [3.63, 3.8) is 0 Å². The van der Waals surface area contributed by atoms with Crippen LogP contribution in [0.5, 0.6) is 0 Å². The van der Waals surface area contributed by atoms with Crippen LogP contribution >= 0.6 is 0 Å². The van der Waals surface area contributed by atoms with Gasteiger partial charge in [-0.25, -0.2) is 4.98 Å². The summed E-state index contributed by atoms with van der Waals surface area (Å²) in [6.45, 7) is 2.34. The fourth-order valence-electron chi connectivity index (χ4n) is 1.31. The van der Waals surface area contributed by atoms with Crippen LogP contribution in [0.1, 0.15) is 5.89 Å². The Balaban J connectivity index is 2.36. The van der Waals surface area contributed by atoms with Crippen molar-refractivity contribution in [1.29, 1.82) is 0 Å². The van der Waals surface area contributed by atoms with E-state index in [1.807, 2.05) is 25.1 Å². The summed E-state index contributed by atoms with van der Waals surface area (Å²) in [6, 6.07) is 5.72. The molecule has 2 rings (SSSR count). The molecule has 0 radical (unpaired) electrons. The molecule has 3 nitrogen and oxygen atoms in total. The maximum Gasteiger partial charge on any atom is 0.192 e.